The van der Waals surface area contributed by atoms with Crippen LogP contribution in [0.5, 0.6) is 0 Å². The number of rotatable bonds is 2. The predicted octanol–water partition coefficient (Wildman–Crippen LogP) is 2.47. The fourth-order valence-electron chi connectivity index (χ4n) is 2.03. The maximum absolute atomic E-state index is 11.4. The van der Waals surface area contributed by atoms with Crippen LogP contribution in [0.15, 0.2) is 12.1 Å². The molecular weight excluding hydrogens is 206 g/mol. The molecule has 1 saturated heterocycles. The zero-order valence-electron chi connectivity index (χ0n) is 9.32. The van der Waals surface area contributed by atoms with Gasteiger partial charge in [-0.1, -0.05) is 6.92 Å². The van der Waals surface area contributed by atoms with Crippen LogP contribution in [0, 0.1) is 12.8 Å². The summed E-state index contributed by atoms with van der Waals surface area (Å²) in [4.78, 5) is 16.5. The molecule has 1 aromatic rings. The summed E-state index contributed by atoms with van der Waals surface area (Å²) in [6, 6.07) is 4.36. The average molecular weight is 223 g/mol. The summed E-state index contributed by atoms with van der Waals surface area (Å²) >= 11 is 1.86. The number of aryl methyl sites for hydroxylation is 1. The number of thiophene rings is 1. The Labute approximate surface area is 94.9 Å². The Kier molecular flexibility index (Phi) is 3.22. The summed E-state index contributed by atoms with van der Waals surface area (Å²) in [5.74, 6) is 0.647. The first kappa shape index (κ1) is 10.8. The molecule has 1 aromatic heterocycles. The van der Waals surface area contributed by atoms with E-state index in [-0.39, 0.29) is 5.92 Å². The Morgan fingerprint density at radius 1 is 1.53 bits per heavy atom. The first-order chi connectivity index (χ1) is 7.15. The molecule has 2 nitrogen and oxygen atoms in total. The van der Waals surface area contributed by atoms with E-state index in [0.717, 1.165) is 26.1 Å². The molecule has 0 aromatic carbocycles. The van der Waals surface area contributed by atoms with Crippen LogP contribution in [0.3, 0.4) is 0 Å². The molecule has 1 aliphatic heterocycles. The zero-order valence-corrected chi connectivity index (χ0v) is 10.1. The minimum absolute atomic E-state index is 0.222. The second kappa shape index (κ2) is 4.45. The first-order valence-corrected chi connectivity index (χ1v) is 6.27. The first-order valence-electron chi connectivity index (χ1n) is 5.45. The normalized spacial score (nSPS) is 23.3. The van der Waals surface area contributed by atoms with E-state index in [0.29, 0.717) is 5.78 Å². The second-order valence-electron chi connectivity index (χ2n) is 4.36. The Bertz CT molecular complexity index is 358. The summed E-state index contributed by atoms with van der Waals surface area (Å²) in [5.41, 5.74) is 0. The third-order valence-corrected chi connectivity index (χ3v) is 3.92. The van der Waals surface area contributed by atoms with E-state index in [1.165, 1.54) is 9.75 Å². The number of nitrogens with zero attached hydrogens (tertiary/aromatic N) is 1. The highest BCUT2D eigenvalue weighted by atomic mass is 32.1. The summed E-state index contributed by atoms with van der Waals surface area (Å²) in [5, 5.41) is 0. The van der Waals surface area contributed by atoms with Gasteiger partial charge in [0.1, 0.15) is 5.78 Å². The molecule has 0 spiro atoms. The van der Waals surface area contributed by atoms with Crippen LogP contribution < -0.4 is 0 Å². The average Bonchev–Trinajstić information content (AvgIpc) is 2.58. The van der Waals surface area contributed by atoms with Gasteiger partial charge in [0.2, 0.25) is 0 Å². The van der Waals surface area contributed by atoms with Gasteiger partial charge < -0.3 is 0 Å². The fraction of sp³-hybridized carbons (Fsp3) is 0.583. The van der Waals surface area contributed by atoms with Gasteiger partial charge >= 0.3 is 0 Å². The highest BCUT2D eigenvalue weighted by Gasteiger charge is 2.23. The summed E-state index contributed by atoms with van der Waals surface area (Å²) in [7, 11) is 0. The number of hydrogen-bond acceptors (Lipinski definition) is 3. The second-order valence-corrected chi connectivity index (χ2v) is 5.74. The van der Waals surface area contributed by atoms with Crippen molar-refractivity contribution >= 4 is 17.1 Å². The lowest BCUT2D eigenvalue weighted by atomic mass is 9.99. The monoisotopic (exact) mass is 223 g/mol. The smallest absolute Gasteiger partial charge is 0.138 e. The highest BCUT2D eigenvalue weighted by molar-refractivity contribution is 7.11. The van der Waals surface area contributed by atoms with Crippen molar-refractivity contribution in [3.63, 3.8) is 0 Å². The highest BCUT2D eigenvalue weighted by Crippen LogP contribution is 2.20. The van der Waals surface area contributed by atoms with Gasteiger partial charge in [0.25, 0.3) is 0 Å². The van der Waals surface area contributed by atoms with Crippen molar-refractivity contribution in [2.24, 2.45) is 5.92 Å². The molecule has 15 heavy (non-hydrogen) atoms. The lowest BCUT2D eigenvalue weighted by Crippen LogP contribution is -2.38. The number of hydrogen-bond donors (Lipinski definition) is 0. The standard InChI is InChI=1S/C12H17NOS/c1-9-7-13(6-5-12(9)14)8-11-4-3-10(2)15-11/h3-4,9H,5-8H2,1-2H3. The van der Waals surface area contributed by atoms with Crippen molar-refractivity contribution in [1.29, 1.82) is 0 Å². The van der Waals surface area contributed by atoms with Gasteiger partial charge in [0, 0.05) is 41.7 Å². The van der Waals surface area contributed by atoms with E-state index in [9.17, 15) is 4.79 Å². The maximum Gasteiger partial charge on any atom is 0.138 e. The van der Waals surface area contributed by atoms with Crippen molar-refractivity contribution in [2.75, 3.05) is 13.1 Å². The molecule has 0 bridgehead atoms. The molecule has 2 heterocycles. The van der Waals surface area contributed by atoms with Crippen LogP contribution in [0.1, 0.15) is 23.1 Å². The minimum atomic E-state index is 0.222. The lowest BCUT2D eigenvalue weighted by molar-refractivity contribution is -0.125. The molecular formula is C12H17NOS. The molecule has 0 saturated carbocycles. The number of ketones is 1. The summed E-state index contributed by atoms with van der Waals surface area (Å²) < 4.78 is 0. The van der Waals surface area contributed by atoms with Crippen molar-refractivity contribution in [2.45, 2.75) is 26.8 Å². The molecule has 1 fully saturated rings. The molecule has 0 radical (unpaired) electrons. The molecule has 1 unspecified atom stereocenters. The van der Waals surface area contributed by atoms with E-state index >= 15 is 0 Å². The van der Waals surface area contributed by atoms with Crippen LogP contribution in [0.25, 0.3) is 0 Å². The van der Waals surface area contributed by atoms with Gasteiger partial charge in [-0.15, -0.1) is 11.3 Å². The van der Waals surface area contributed by atoms with Crippen LogP contribution in [-0.4, -0.2) is 23.8 Å². The molecule has 0 N–H and O–H groups in total. The quantitative estimate of drug-likeness (QED) is 0.767. The van der Waals surface area contributed by atoms with Gasteiger partial charge in [-0.3, -0.25) is 9.69 Å². The number of likely N-dealkylation sites (tertiary alicyclic amines) is 1. The van der Waals surface area contributed by atoms with Crippen LogP contribution in [0.4, 0.5) is 0 Å². The lowest BCUT2D eigenvalue weighted by Gasteiger charge is -2.29. The Hall–Kier alpha value is -0.670. The molecule has 3 heteroatoms. The van der Waals surface area contributed by atoms with Crippen LogP contribution >= 0.6 is 11.3 Å². The van der Waals surface area contributed by atoms with Crippen LogP contribution in [-0.2, 0) is 11.3 Å². The number of Topliss-reactive ketones (excluding diaryl/α,β-unsaturated/α-hetero) is 1. The zero-order chi connectivity index (χ0) is 10.8. The third kappa shape index (κ3) is 2.67. The van der Waals surface area contributed by atoms with Gasteiger partial charge in [-0.2, -0.15) is 0 Å². The summed E-state index contributed by atoms with van der Waals surface area (Å²) in [6.07, 6.45) is 0.728. The Morgan fingerprint density at radius 3 is 2.93 bits per heavy atom. The van der Waals surface area contributed by atoms with Gasteiger partial charge in [0.15, 0.2) is 0 Å². The minimum Gasteiger partial charge on any atom is -0.299 e. The molecule has 82 valence electrons. The van der Waals surface area contributed by atoms with Crippen molar-refractivity contribution in [3.8, 4) is 0 Å². The van der Waals surface area contributed by atoms with Gasteiger partial charge in [0.05, 0.1) is 0 Å². The van der Waals surface area contributed by atoms with Gasteiger partial charge in [-0.05, 0) is 19.1 Å². The largest absolute Gasteiger partial charge is 0.299 e. The van der Waals surface area contributed by atoms with Crippen molar-refractivity contribution < 1.29 is 4.79 Å². The molecule has 0 amide bonds. The topological polar surface area (TPSA) is 20.3 Å². The summed E-state index contributed by atoms with van der Waals surface area (Å²) in [6.45, 7) is 7.04. The molecule has 1 atom stereocenters. The SMILES string of the molecule is Cc1ccc(CN2CCC(=O)C(C)C2)s1. The van der Waals surface area contributed by atoms with E-state index in [4.69, 9.17) is 0 Å². The number of carbonyl (C=O) groups is 1. The molecule has 1 aliphatic rings. The maximum atomic E-state index is 11.4. The molecule has 0 aliphatic carbocycles. The Balaban J connectivity index is 1.93. The number of piperidine rings is 1. The number of carbonyl (C=O) groups excluding carboxylic acids is 1. The van der Waals surface area contributed by atoms with Crippen molar-refractivity contribution in [3.05, 3.63) is 21.9 Å². The fourth-order valence-corrected chi connectivity index (χ4v) is 2.96. The van der Waals surface area contributed by atoms with E-state index in [1.54, 1.807) is 0 Å². The molecule has 2 rings (SSSR count). The van der Waals surface area contributed by atoms with Crippen LogP contribution in [0.2, 0.25) is 0 Å². The van der Waals surface area contributed by atoms with Gasteiger partial charge in [-0.25, -0.2) is 0 Å². The Morgan fingerprint density at radius 2 is 2.33 bits per heavy atom. The van der Waals surface area contributed by atoms with E-state index in [1.807, 2.05) is 18.3 Å². The van der Waals surface area contributed by atoms with E-state index in [2.05, 4.69) is 24.0 Å². The van der Waals surface area contributed by atoms with Crippen molar-refractivity contribution in [1.82, 2.24) is 4.90 Å². The van der Waals surface area contributed by atoms with E-state index < -0.39 is 0 Å². The predicted molar refractivity (Wildman–Crippen MR) is 63.1 cm³/mol. The third-order valence-electron chi connectivity index (χ3n) is 2.93.